The smallest absolute Gasteiger partial charge is 0.238 e. The van der Waals surface area contributed by atoms with Crippen LogP contribution in [0.25, 0.3) is 0 Å². The molecule has 22 heavy (non-hydrogen) atoms. The highest BCUT2D eigenvalue weighted by molar-refractivity contribution is 5.92. The Bertz CT molecular complexity index is 465. The average molecular weight is 326 g/mol. The summed E-state index contributed by atoms with van der Waals surface area (Å²) in [5.74, 6) is 0.733. The first-order valence-electron chi connectivity index (χ1n) is 8.02. The number of benzene rings is 1. The molecule has 3 N–H and O–H groups in total. The quantitative estimate of drug-likeness (QED) is 0.845. The van der Waals surface area contributed by atoms with E-state index in [4.69, 9.17) is 5.73 Å². The van der Waals surface area contributed by atoms with Gasteiger partial charge in [0, 0.05) is 12.2 Å². The van der Waals surface area contributed by atoms with Gasteiger partial charge in [-0.15, -0.1) is 12.4 Å². The Morgan fingerprint density at radius 2 is 2.27 bits per heavy atom. The van der Waals surface area contributed by atoms with Crippen LogP contribution in [0.5, 0.6) is 0 Å². The Labute approximate surface area is 139 Å². The number of nitrogens with zero attached hydrogens (tertiary/aromatic N) is 1. The van der Waals surface area contributed by atoms with Crippen LogP contribution in [0.15, 0.2) is 24.3 Å². The number of hydrogen-bond acceptors (Lipinski definition) is 3. The highest BCUT2D eigenvalue weighted by Gasteiger charge is 2.20. The summed E-state index contributed by atoms with van der Waals surface area (Å²) in [6, 6.07) is 8.07. The van der Waals surface area contributed by atoms with Crippen LogP contribution in [-0.4, -0.2) is 37.0 Å². The van der Waals surface area contributed by atoms with E-state index in [9.17, 15) is 4.79 Å². The maximum atomic E-state index is 12.2. The van der Waals surface area contributed by atoms with E-state index in [-0.39, 0.29) is 18.3 Å². The number of carbonyl (C=O) groups is 1. The van der Waals surface area contributed by atoms with E-state index >= 15 is 0 Å². The van der Waals surface area contributed by atoms with E-state index in [0.717, 1.165) is 38.2 Å². The summed E-state index contributed by atoms with van der Waals surface area (Å²) in [6.07, 6.45) is 4.46. The number of hydrogen-bond donors (Lipinski definition) is 2. The second-order valence-electron chi connectivity index (χ2n) is 5.92. The molecule has 0 spiro atoms. The van der Waals surface area contributed by atoms with Crippen molar-refractivity contribution in [1.82, 2.24) is 4.90 Å². The first kappa shape index (κ1) is 18.9. The van der Waals surface area contributed by atoms with Gasteiger partial charge in [0.15, 0.2) is 0 Å². The first-order valence-corrected chi connectivity index (χ1v) is 8.02. The molecular formula is C17H28ClN3O. The highest BCUT2D eigenvalue weighted by Crippen LogP contribution is 2.19. The Balaban J connectivity index is 0.00000242. The zero-order valence-electron chi connectivity index (χ0n) is 13.4. The van der Waals surface area contributed by atoms with Gasteiger partial charge in [-0.1, -0.05) is 19.1 Å². The SMILES string of the molecule is CCc1cccc(NC(=O)CN2CCCC(CCN)C2)c1.Cl. The number of aryl methyl sites for hydroxylation is 1. The fraction of sp³-hybridized carbons (Fsp3) is 0.588. The van der Waals surface area contributed by atoms with Gasteiger partial charge in [0.1, 0.15) is 0 Å². The van der Waals surface area contributed by atoms with Crippen molar-refractivity contribution in [3.05, 3.63) is 29.8 Å². The lowest BCUT2D eigenvalue weighted by Gasteiger charge is -2.32. The fourth-order valence-corrected chi connectivity index (χ4v) is 3.04. The summed E-state index contributed by atoms with van der Waals surface area (Å²) in [5.41, 5.74) is 7.78. The minimum absolute atomic E-state index is 0. The van der Waals surface area contributed by atoms with Crippen molar-refractivity contribution in [2.45, 2.75) is 32.6 Å². The number of rotatable bonds is 6. The molecule has 0 saturated carbocycles. The lowest BCUT2D eigenvalue weighted by molar-refractivity contribution is -0.117. The molecule has 0 aliphatic carbocycles. The molecule has 0 bridgehead atoms. The van der Waals surface area contributed by atoms with Crippen LogP contribution in [0.3, 0.4) is 0 Å². The number of amides is 1. The first-order chi connectivity index (χ1) is 10.2. The van der Waals surface area contributed by atoms with Crippen molar-refractivity contribution < 1.29 is 4.79 Å². The van der Waals surface area contributed by atoms with Gasteiger partial charge in [-0.25, -0.2) is 0 Å². The Morgan fingerprint density at radius 1 is 1.45 bits per heavy atom. The zero-order chi connectivity index (χ0) is 15.1. The molecule has 1 amide bonds. The number of carbonyl (C=O) groups excluding carboxylic acids is 1. The Hall–Kier alpha value is -1.10. The van der Waals surface area contributed by atoms with Gasteiger partial charge < -0.3 is 11.1 Å². The Kier molecular flexibility index (Phi) is 8.46. The molecule has 1 unspecified atom stereocenters. The molecule has 5 heteroatoms. The van der Waals surface area contributed by atoms with E-state index in [1.807, 2.05) is 18.2 Å². The second-order valence-corrected chi connectivity index (χ2v) is 5.92. The molecule has 124 valence electrons. The normalized spacial score (nSPS) is 18.5. The van der Waals surface area contributed by atoms with E-state index in [1.54, 1.807) is 0 Å². The molecule has 1 aromatic carbocycles. The van der Waals surface area contributed by atoms with Gasteiger partial charge in [0.25, 0.3) is 0 Å². The number of likely N-dealkylation sites (tertiary alicyclic amines) is 1. The summed E-state index contributed by atoms with van der Waals surface area (Å²) in [7, 11) is 0. The van der Waals surface area contributed by atoms with Crippen LogP contribution in [0.2, 0.25) is 0 Å². The number of piperidine rings is 1. The lowest BCUT2D eigenvalue weighted by atomic mass is 9.95. The largest absolute Gasteiger partial charge is 0.330 e. The number of halogens is 1. The molecule has 0 radical (unpaired) electrons. The van der Waals surface area contributed by atoms with Gasteiger partial charge in [-0.2, -0.15) is 0 Å². The van der Waals surface area contributed by atoms with Crippen molar-refractivity contribution in [2.24, 2.45) is 11.7 Å². The maximum absolute atomic E-state index is 12.2. The predicted octanol–water partition coefficient (Wildman–Crippen LogP) is 2.67. The molecule has 0 aromatic heterocycles. The molecule has 1 aliphatic rings. The summed E-state index contributed by atoms with van der Waals surface area (Å²) in [6.45, 7) is 5.36. The monoisotopic (exact) mass is 325 g/mol. The predicted molar refractivity (Wildman–Crippen MR) is 94.5 cm³/mol. The number of anilines is 1. The summed E-state index contributed by atoms with van der Waals surface area (Å²) in [5, 5.41) is 3.01. The molecule has 1 saturated heterocycles. The van der Waals surface area contributed by atoms with E-state index < -0.39 is 0 Å². The standard InChI is InChI=1S/C17H27N3O.ClH/c1-2-14-5-3-7-16(11-14)19-17(21)13-20-10-4-6-15(12-20)8-9-18;/h3,5,7,11,15H,2,4,6,8-10,12-13,18H2,1H3,(H,19,21);1H. The molecule has 2 rings (SSSR count). The molecule has 4 nitrogen and oxygen atoms in total. The third-order valence-corrected chi connectivity index (χ3v) is 4.16. The van der Waals surface area contributed by atoms with Crippen molar-refractivity contribution in [2.75, 3.05) is 31.5 Å². The fourth-order valence-electron chi connectivity index (χ4n) is 3.04. The molecular weight excluding hydrogens is 298 g/mol. The minimum atomic E-state index is 0. The summed E-state index contributed by atoms with van der Waals surface area (Å²) in [4.78, 5) is 14.4. The minimum Gasteiger partial charge on any atom is -0.330 e. The van der Waals surface area contributed by atoms with Crippen LogP contribution in [0.4, 0.5) is 5.69 Å². The van der Waals surface area contributed by atoms with Gasteiger partial charge in [-0.05, 0) is 62.4 Å². The topological polar surface area (TPSA) is 58.4 Å². The summed E-state index contributed by atoms with van der Waals surface area (Å²) >= 11 is 0. The molecule has 1 heterocycles. The lowest BCUT2D eigenvalue weighted by Crippen LogP contribution is -2.40. The van der Waals surface area contributed by atoms with Crippen LogP contribution >= 0.6 is 12.4 Å². The molecule has 1 aliphatic heterocycles. The molecule has 1 atom stereocenters. The van der Waals surface area contributed by atoms with Crippen LogP contribution in [0.1, 0.15) is 31.7 Å². The van der Waals surface area contributed by atoms with Gasteiger partial charge in [0.05, 0.1) is 6.54 Å². The zero-order valence-corrected chi connectivity index (χ0v) is 14.2. The van der Waals surface area contributed by atoms with Crippen LogP contribution < -0.4 is 11.1 Å². The second kappa shape index (κ2) is 9.82. The maximum Gasteiger partial charge on any atom is 0.238 e. The number of nitrogens with one attached hydrogen (secondary N) is 1. The Morgan fingerprint density at radius 3 is 3.00 bits per heavy atom. The number of nitrogens with two attached hydrogens (primary N) is 1. The van der Waals surface area contributed by atoms with Gasteiger partial charge in [-0.3, -0.25) is 9.69 Å². The molecule has 1 aromatic rings. The van der Waals surface area contributed by atoms with Crippen molar-refractivity contribution in [3.63, 3.8) is 0 Å². The average Bonchev–Trinajstić information content (AvgIpc) is 2.48. The third kappa shape index (κ3) is 5.95. The van der Waals surface area contributed by atoms with Gasteiger partial charge >= 0.3 is 0 Å². The third-order valence-electron chi connectivity index (χ3n) is 4.16. The van der Waals surface area contributed by atoms with Gasteiger partial charge in [0.2, 0.25) is 5.91 Å². The molecule has 1 fully saturated rings. The van der Waals surface area contributed by atoms with Crippen molar-refractivity contribution in [3.8, 4) is 0 Å². The summed E-state index contributed by atoms with van der Waals surface area (Å²) < 4.78 is 0. The van der Waals surface area contributed by atoms with Crippen LogP contribution in [0, 0.1) is 5.92 Å². The van der Waals surface area contributed by atoms with E-state index in [1.165, 1.54) is 18.4 Å². The van der Waals surface area contributed by atoms with Crippen LogP contribution in [-0.2, 0) is 11.2 Å². The van der Waals surface area contributed by atoms with Crippen molar-refractivity contribution >= 4 is 24.0 Å². The highest BCUT2D eigenvalue weighted by atomic mass is 35.5. The van der Waals surface area contributed by atoms with E-state index in [0.29, 0.717) is 12.5 Å². The van der Waals surface area contributed by atoms with Crippen molar-refractivity contribution in [1.29, 1.82) is 0 Å². The van der Waals surface area contributed by atoms with E-state index in [2.05, 4.69) is 23.2 Å².